The van der Waals surface area contributed by atoms with Gasteiger partial charge in [0, 0.05) is 12.7 Å². The molecule has 0 bridgehead atoms. The zero-order valence-electron chi connectivity index (χ0n) is 8.44. The van der Waals surface area contributed by atoms with Gasteiger partial charge in [-0.15, -0.1) is 0 Å². The third-order valence-electron chi connectivity index (χ3n) is 2.03. The fourth-order valence-electron chi connectivity index (χ4n) is 1.45. The molecule has 0 aliphatic heterocycles. The van der Waals surface area contributed by atoms with Gasteiger partial charge in [-0.05, 0) is 12.0 Å². The Kier molecular flexibility index (Phi) is 2.35. The molecule has 0 saturated carbocycles. The first kappa shape index (κ1) is 8.99. The van der Waals surface area contributed by atoms with Gasteiger partial charge >= 0.3 is 0 Å². The molecule has 0 atom stereocenters. The average Bonchev–Trinajstić information content (AvgIpc) is 2.70. The standard InChI is InChI=1S/C10H14N4/c1-8(2)6-14-10(3-4-13-14)9-5-11-7-12-9/h3-5,7-8H,6H2,1-2H3,(H,11,12). The zero-order chi connectivity index (χ0) is 9.97. The van der Waals surface area contributed by atoms with Crippen LogP contribution in [0.5, 0.6) is 0 Å². The lowest BCUT2D eigenvalue weighted by molar-refractivity contribution is 0.487. The summed E-state index contributed by atoms with van der Waals surface area (Å²) in [6.07, 6.45) is 5.31. The first-order valence-electron chi connectivity index (χ1n) is 4.78. The summed E-state index contributed by atoms with van der Waals surface area (Å²) in [5.41, 5.74) is 2.11. The van der Waals surface area contributed by atoms with Crippen LogP contribution in [0, 0.1) is 5.92 Å². The predicted octanol–water partition coefficient (Wildman–Crippen LogP) is 1.93. The maximum atomic E-state index is 4.28. The molecule has 0 radical (unpaired) electrons. The Morgan fingerprint density at radius 3 is 3.00 bits per heavy atom. The van der Waals surface area contributed by atoms with E-state index in [2.05, 4.69) is 28.9 Å². The molecule has 0 aromatic carbocycles. The summed E-state index contributed by atoms with van der Waals surface area (Å²) < 4.78 is 2.00. The van der Waals surface area contributed by atoms with Crippen molar-refractivity contribution >= 4 is 0 Å². The van der Waals surface area contributed by atoms with Crippen molar-refractivity contribution in [2.75, 3.05) is 0 Å². The van der Waals surface area contributed by atoms with Gasteiger partial charge < -0.3 is 4.98 Å². The third-order valence-corrected chi connectivity index (χ3v) is 2.03. The van der Waals surface area contributed by atoms with Crippen LogP contribution >= 0.6 is 0 Å². The molecule has 14 heavy (non-hydrogen) atoms. The Bertz CT molecular complexity index is 386. The lowest BCUT2D eigenvalue weighted by Gasteiger charge is -2.08. The van der Waals surface area contributed by atoms with Gasteiger partial charge in [0.25, 0.3) is 0 Å². The number of H-pyrrole nitrogens is 1. The van der Waals surface area contributed by atoms with Gasteiger partial charge in [-0.3, -0.25) is 4.68 Å². The summed E-state index contributed by atoms with van der Waals surface area (Å²) in [6.45, 7) is 5.29. The number of imidazole rings is 1. The summed E-state index contributed by atoms with van der Waals surface area (Å²) in [6, 6.07) is 2.00. The number of aromatic nitrogens is 4. The third kappa shape index (κ3) is 1.69. The number of nitrogens with one attached hydrogen (secondary N) is 1. The van der Waals surface area contributed by atoms with Gasteiger partial charge in [0.2, 0.25) is 0 Å². The molecule has 0 aliphatic carbocycles. The molecule has 2 aromatic rings. The Balaban J connectivity index is 2.30. The minimum absolute atomic E-state index is 0.594. The largest absolute Gasteiger partial charge is 0.343 e. The summed E-state index contributed by atoms with van der Waals surface area (Å²) in [5, 5.41) is 4.28. The van der Waals surface area contributed by atoms with Gasteiger partial charge in [0.15, 0.2) is 0 Å². The van der Waals surface area contributed by atoms with Gasteiger partial charge in [0.05, 0.1) is 23.9 Å². The number of hydrogen-bond acceptors (Lipinski definition) is 2. The van der Waals surface area contributed by atoms with E-state index in [1.807, 2.05) is 23.1 Å². The monoisotopic (exact) mass is 190 g/mol. The highest BCUT2D eigenvalue weighted by Crippen LogP contribution is 2.16. The first-order valence-corrected chi connectivity index (χ1v) is 4.78. The van der Waals surface area contributed by atoms with Crippen LogP contribution in [0.2, 0.25) is 0 Å². The van der Waals surface area contributed by atoms with Crippen molar-refractivity contribution in [3.63, 3.8) is 0 Å². The summed E-state index contributed by atoms with van der Waals surface area (Å²) in [7, 11) is 0. The van der Waals surface area contributed by atoms with Crippen molar-refractivity contribution in [1.82, 2.24) is 19.7 Å². The molecular weight excluding hydrogens is 176 g/mol. The van der Waals surface area contributed by atoms with Crippen LogP contribution in [0.15, 0.2) is 24.8 Å². The van der Waals surface area contributed by atoms with Gasteiger partial charge in [-0.1, -0.05) is 13.8 Å². The molecule has 0 aliphatic rings. The maximum Gasteiger partial charge on any atom is 0.0924 e. The van der Waals surface area contributed by atoms with Crippen molar-refractivity contribution in [3.8, 4) is 11.4 Å². The summed E-state index contributed by atoms with van der Waals surface area (Å²) in [4.78, 5) is 7.08. The normalized spacial score (nSPS) is 11.1. The number of aromatic amines is 1. The van der Waals surface area contributed by atoms with E-state index in [1.54, 1.807) is 6.33 Å². The predicted molar refractivity (Wildman–Crippen MR) is 54.6 cm³/mol. The summed E-state index contributed by atoms with van der Waals surface area (Å²) >= 11 is 0. The van der Waals surface area contributed by atoms with Crippen molar-refractivity contribution in [2.24, 2.45) is 5.92 Å². The quantitative estimate of drug-likeness (QED) is 0.803. The van der Waals surface area contributed by atoms with Crippen molar-refractivity contribution in [3.05, 3.63) is 24.8 Å². The van der Waals surface area contributed by atoms with Crippen LogP contribution in [0.3, 0.4) is 0 Å². The molecular formula is C10H14N4. The van der Waals surface area contributed by atoms with E-state index in [0.29, 0.717) is 5.92 Å². The van der Waals surface area contributed by atoms with Crippen LogP contribution in [-0.2, 0) is 6.54 Å². The van der Waals surface area contributed by atoms with Gasteiger partial charge in [-0.25, -0.2) is 4.98 Å². The molecule has 4 nitrogen and oxygen atoms in total. The van der Waals surface area contributed by atoms with Crippen LogP contribution < -0.4 is 0 Å². The van der Waals surface area contributed by atoms with E-state index in [-0.39, 0.29) is 0 Å². The number of hydrogen-bond donors (Lipinski definition) is 1. The zero-order valence-corrected chi connectivity index (χ0v) is 8.44. The summed E-state index contributed by atoms with van der Waals surface area (Å²) in [5.74, 6) is 0.594. The van der Waals surface area contributed by atoms with Crippen LogP contribution in [-0.4, -0.2) is 19.7 Å². The highest BCUT2D eigenvalue weighted by Gasteiger charge is 2.07. The Morgan fingerprint density at radius 1 is 1.50 bits per heavy atom. The Hall–Kier alpha value is -1.58. The maximum absolute atomic E-state index is 4.28. The lowest BCUT2D eigenvalue weighted by atomic mass is 10.2. The fraction of sp³-hybridized carbons (Fsp3) is 0.400. The Morgan fingerprint density at radius 2 is 2.36 bits per heavy atom. The SMILES string of the molecule is CC(C)Cn1nccc1-c1cnc[nH]1. The molecule has 0 fully saturated rings. The van der Waals surface area contributed by atoms with E-state index in [4.69, 9.17) is 0 Å². The van der Waals surface area contributed by atoms with Gasteiger partial charge in [0.1, 0.15) is 0 Å². The van der Waals surface area contributed by atoms with E-state index in [0.717, 1.165) is 17.9 Å². The molecule has 0 spiro atoms. The second-order valence-electron chi connectivity index (χ2n) is 3.76. The average molecular weight is 190 g/mol. The fourth-order valence-corrected chi connectivity index (χ4v) is 1.45. The van der Waals surface area contributed by atoms with E-state index >= 15 is 0 Å². The lowest BCUT2D eigenvalue weighted by Crippen LogP contribution is -2.07. The van der Waals surface area contributed by atoms with Crippen LogP contribution in [0.4, 0.5) is 0 Å². The van der Waals surface area contributed by atoms with Crippen molar-refractivity contribution in [2.45, 2.75) is 20.4 Å². The van der Waals surface area contributed by atoms with Crippen molar-refractivity contribution < 1.29 is 0 Å². The molecule has 1 N–H and O–H groups in total. The molecule has 4 heteroatoms. The Labute approximate surface area is 83.0 Å². The highest BCUT2D eigenvalue weighted by molar-refractivity contribution is 5.52. The van der Waals surface area contributed by atoms with E-state index in [1.165, 1.54) is 0 Å². The van der Waals surface area contributed by atoms with E-state index < -0.39 is 0 Å². The van der Waals surface area contributed by atoms with Gasteiger partial charge in [-0.2, -0.15) is 5.10 Å². The molecule has 2 heterocycles. The molecule has 74 valence electrons. The topological polar surface area (TPSA) is 46.5 Å². The number of nitrogens with zero attached hydrogens (tertiary/aromatic N) is 3. The van der Waals surface area contributed by atoms with Crippen LogP contribution in [0.25, 0.3) is 11.4 Å². The second kappa shape index (κ2) is 3.65. The molecule has 0 saturated heterocycles. The van der Waals surface area contributed by atoms with E-state index in [9.17, 15) is 0 Å². The first-order chi connectivity index (χ1) is 6.77. The number of rotatable bonds is 3. The molecule has 0 unspecified atom stereocenters. The smallest absolute Gasteiger partial charge is 0.0924 e. The minimum Gasteiger partial charge on any atom is -0.343 e. The highest BCUT2D eigenvalue weighted by atomic mass is 15.3. The van der Waals surface area contributed by atoms with Crippen molar-refractivity contribution in [1.29, 1.82) is 0 Å². The second-order valence-corrected chi connectivity index (χ2v) is 3.76. The van der Waals surface area contributed by atoms with Crippen LogP contribution in [0.1, 0.15) is 13.8 Å². The molecule has 2 rings (SSSR count). The molecule has 0 amide bonds. The molecule has 2 aromatic heterocycles. The minimum atomic E-state index is 0.594.